The second kappa shape index (κ2) is 6.66. The Labute approximate surface area is 81.3 Å². The fourth-order valence-electron chi connectivity index (χ4n) is 0.808. The van der Waals surface area contributed by atoms with Gasteiger partial charge in [0.05, 0.1) is 12.5 Å². The van der Waals surface area contributed by atoms with E-state index in [2.05, 4.69) is 0 Å². The second-order valence-electron chi connectivity index (χ2n) is 2.67. The molecule has 0 saturated carbocycles. The van der Waals surface area contributed by atoms with E-state index in [-0.39, 0.29) is 12.8 Å². The molecule has 0 radical (unpaired) electrons. The third kappa shape index (κ3) is 5.77. The minimum absolute atomic E-state index is 0.0791. The molecule has 0 saturated heterocycles. The highest BCUT2D eigenvalue weighted by molar-refractivity contribution is 5.72. The summed E-state index contributed by atoms with van der Waals surface area (Å²) in [5.41, 5.74) is 0. The number of rotatable bonds is 6. The number of hydrogen-bond acceptors (Lipinski definition) is 3. The summed E-state index contributed by atoms with van der Waals surface area (Å²) in [4.78, 5) is 20.4. The van der Waals surface area contributed by atoms with Crippen LogP contribution >= 0.6 is 0 Å². The minimum atomic E-state index is -1.14. The maximum absolute atomic E-state index is 10.4. The summed E-state index contributed by atoms with van der Waals surface area (Å²) in [5, 5.41) is 25.1. The van der Waals surface area contributed by atoms with E-state index in [0.717, 1.165) is 0 Å². The van der Waals surface area contributed by atoms with Crippen molar-refractivity contribution in [3.63, 3.8) is 0 Å². The summed E-state index contributed by atoms with van der Waals surface area (Å²) in [6.07, 6.45) is 3.55. The Bertz CT molecular complexity index is 277. The summed E-state index contributed by atoms with van der Waals surface area (Å²) < 4.78 is 0. The zero-order valence-electron chi connectivity index (χ0n) is 7.51. The standard InChI is InChI=1S/C9H11NO4/c10-6-7(9(13)14)4-2-1-3-5-8(11)12/h1,3,7H,2,4-5H2,(H,11,12)(H,13,14). The molecule has 0 aliphatic carbocycles. The van der Waals surface area contributed by atoms with Crippen molar-refractivity contribution in [2.75, 3.05) is 0 Å². The molecular weight excluding hydrogens is 186 g/mol. The van der Waals surface area contributed by atoms with Crippen LogP contribution in [0.1, 0.15) is 19.3 Å². The highest BCUT2D eigenvalue weighted by Crippen LogP contribution is 2.06. The van der Waals surface area contributed by atoms with Gasteiger partial charge in [0.2, 0.25) is 0 Å². The third-order valence-corrected chi connectivity index (χ3v) is 1.54. The SMILES string of the molecule is N#CC(CCC=CCC(=O)O)C(=O)O. The first-order valence-electron chi connectivity index (χ1n) is 4.07. The number of carboxylic acid groups (broad SMARTS) is 2. The van der Waals surface area contributed by atoms with Gasteiger partial charge in [0, 0.05) is 0 Å². The van der Waals surface area contributed by atoms with E-state index in [9.17, 15) is 9.59 Å². The Morgan fingerprint density at radius 1 is 1.36 bits per heavy atom. The van der Waals surface area contributed by atoms with Crippen molar-refractivity contribution in [2.45, 2.75) is 19.3 Å². The zero-order valence-corrected chi connectivity index (χ0v) is 7.51. The van der Waals surface area contributed by atoms with Crippen molar-refractivity contribution in [2.24, 2.45) is 5.92 Å². The maximum atomic E-state index is 10.4. The van der Waals surface area contributed by atoms with E-state index in [1.54, 1.807) is 12.1 Å². The molecule has 0 aliphatic heterocycles. The van der Waals surface area contributed by atoms with E-state index in [1.165, 1.54) is 6.08 Å². The molecule has 0 aromatic carbocycles. The van der Waals surface area contributed by atoms with Gasteiger partial charge in [0.1, 0.15) is 5.92 Å². The summed E-state index contributed by atoms with van der Waals surface area (Å²) in [6.45, 7) is 0. The fourth-order valence-corrected chi connectivity index (χ4v) is 0.808. The van der Waals surface area contributed by atoms with E-state index in [1.807, 2.05) is 0 Å². The van der Waals surface area contributed by atoms with Gasteiger partial charge in [0.15, 0.2) is 0 Å². The summed E-state index contributed by atoms with van der Waals surface area (Å²) >= 11 is 0. The zero-order chi connectivity index (χ0) is 11.0. The molecule has 0 spiro atoms. The lowest BCUT2D eigenvalue weighted by Gasteiger charge is -1.98. The van der Waals surface area contributed by atoms with E-state index in [4.69, 9.17) is 15.5 Å². The van der Waals surface area contributed by atoms with E-state index >= 15 is 0 Å². The first-order valence-corrected chi connectivity index (χ1v) is 4.07. The predicted octanol–water partition coefficient (Wildman–Crippen LogP) is 1.02. The normalized spacial score (nSPS) is 12.2. The topological polar surface area (TPSA) is 98.4 Å². The summed E-state index contributed by atoms with van der Waals surface area (Å²) in [6, 6.07) is 1.65. The highest BCUT2D eigenvalue weighted by Gasteiger charge is 2.14. The van der Waals surface area contributed by atoms with Gasteiger partial charge < -0.3 is 10.2 Å². The number of aliphatic carboxylic acids is 2. The van der Waals surface area contributed by atoms with Crippen LogP contribution in [-0.2, 0) is 9.59 Å². The molecule has 0 aromatic rings. The molecule has 0 bridgehead atoms. The van der Waals surface area contributed by atoms with Crippen molar-refractivity contribution >= 4 is 11.9 Å². The van der Waals surface area contributed by atoms with Crippen molar-refractivity contribution in [3.05, 3.63) is 12.2 Å². The number of carbonyl (C=O) groups is 2. The van der Waals surface area contributed by atoms with Crippen molar-refractivity contribution in [1.82, 2.24) is 0 Å². The van der Waals surface area contributed by atoms with Crippen LogP contribution in [0.3, 0.4) is 0 Å². The van der Waals surface area contributed by atoms with Crippen LogP contribution in [0.4, 0.5) is 0 Å². The molecule has 0 heterocycles. The van der Waals surface area contributed by atoms with Crippen LogP contribution in [-0.4, -0.2) is 22.2 Å². The number of nitrogens with zero attached hydrogens (tertiary/aromatic N) is 1. The van der Waals surface area contributed by atoms with Crippen LogP contribution in [0.15, 0.2) is 12.2 Å². The van der Waals surface area contributed by atoms with Crippen molar-refractivity contribution in [1.29, 1.82) is 5.26 Å². The Hall–Kier alpha value is -1.83. The van der Waals surface area contributed by atoms with Crippen LogP contribution in [0, 0.1) is 17.2 Å². The van der Waals surface area contributed by atoms with Gasteiger partial charge in [-0.2, -0.15) is 5.26 Å². The Morgan fingerprint density at radius 2 is 2.00 bits per heavy atom. The molecule has 14 heavy (non-hydrogen) atoms. The first-order chi connectivity index (χ1) is 6.57. The molecule has 2 N–H and O–H groups in total. The lowest BCUT2D eigenvalue weighted by atomic mass is 10.1. The molecule has 0 aromatic heterocycles. The first kappa shape index (κ1) is 12.2. The third-order valence-electron chi connectivity index (χ3n) is 1.54. The van der Waals surface area contributed by atoms with Gasteiger partial charge in [-0.25, -0.2) is 0 Å². The number of carboxylic acids is 2. The quantitative estimate of drug-likeness (QED) is 0.619. The average molecular weight is 197 g/mol. The summed E-state index contributed by atoms with van der Waals surface area (Å²) in [5.74, 6) is -3.08. The van der Waals surface area contributed by atoms with Crippen molar-refractivity contribution in [3.8, 4) is 6.07 Å². The lowest BCUT2D eigenvalue weighted by molar-refractivity contribution is -0.140. The molecule has 5 heteroatoms. The van der Waals surface area contributed by atoms with Crippen LogP contribution in [0.5, 0.6) is 0 Å². The van der Waals surface area contributed by atoms with Crippen LogP contribution in [0.2, 0.25) is 0 Å². The van der Waals surface area contributed by atoms with Gasteiger partial charge in [-0.3, -0.25) is 9.59 Å². The Kier molecular flexibility index (Phi) is 5.79. The molecule has 5 nitrogen and oxygen atoms in total. The number of hydrogen-bond donors (Lipinski definition) is 2. The number of allylic oxidation sites excluding steroid dienone is 1. The Balaban J connectivity index is 3.73. The maximum Gasteiger partial charge on any atom is 0.320 e. The van der Waals surface area contributed by atoms with E-state index < -0.39 is 17.9 Å². The van der Waals surface area contributed by atoms with Gasteiger partial charge in [-0.15, -0.1) is 0 Å². The second-order valence-corrected chi connectivity index (χ2v) is 2.67. The molecule has 1 unspecified atom stereocenters. The lowest BCUT2D eigenvalue weighted by Crippen LogP contribution is -2.10. The molecule has 1 atom stereocenters. The molecule has 0 rings (SSSR count). The Morgan fingerprint density at radius 3 is 2.43 bits per heavy atom. The fraction of sp³-hybridized carbons (Fsp3) is 0.444. The molecule has 0 fully saturated rings. The number of nitriles is 1. The molecule has 76 valence electrons. The smallest absolute Gasteiger partial charge is 0.320 e. The molecule has 0 aliphatic rings. The van der Waals surface area contributed by atoms with Gasteiger partial charge in [0.25, 0.3) is 0 Å². The monoisotopic (exact) mass is 197 g/mol. The van der Waals surface area contributed by atoms with Gasteiger partial charge in [-0.1, -0.05) is 12.2 Å². The molecular formula is C9H11NO4. The molecule has 0 amide bonds. The average Bonchev–Trinajstić information content (AvgIpc) is 2.10. The highest BCUT2D eigenvalue weighted by atomic mass is 16.4. The van der Waals surface area contributed by atoms with Crippen molar-refractivity contribution < 1.29 is 19.8 Å². The largest absolute Gasteiger partial charge is 0.481 e. The van der Waals surface area contributed by atoms with E-state index in [0.29, 0.717) is 6.42 Å². The van der Waals surface area contributed by atoms with Gasteiger partial charge >= 0.3 is 11.9 Å². The minimum Gasteiger partial charge on any atom is -0.481 e. The summed E-state index contributed by atoms with van der Waals surface area (Å²) in [7, 11) is 0. The van der Waals surface area contributed by atoms with Crippen LogP contribution in [0.25, 0.3) is 0 Å². The predicted molar refractivity (Wildman–Crippen MR) is 47.4 cm³/mol. The van der Waals surface area contributed by atoms with Crippen LogP contribution < -0.4 is 0 Å². The van der Waals surface area contributed by atoms with Gasteiger partial charge in [-0.05, 0) is 12.8 Å².